The summed E-state index contributed by atoms with van der Waals surface area (Å²) in [5.74, 6) is 0.158. The summed E-state index contributed by atoms with van der Waals surface area (Å²) in [6.45, 7) is 1.35. The molecular formula is C23H17ClF2N6O2. The molecule has 1 aromatic carbocycles. The monoisotopic (exact) mass is 482 g/mol. The van der Waals surface area contributed by atoms with E-state index < -0.39 is 11.5 Å². The maximum absolute atomic E-state index is 12.9. The average Bonchev–Trinajstić information content (AvgIpc) is 3.42. The second kappa shape index (κ2) is 8.71. The van der Waals surface area contributed by atoms with Crippen LogP contribution in [0.25, 0.3) is 11.1 Å². The first-order chi connectivity index (χ1) is 16.4. The van der Waals surface area contributed by atoms with Gasteiger partial charge in [0.15, 0.2) is 0 Å². The van der Waals surface area contributed by atoms with Crippen molar-refractivity contribution in [3.05, 3.63) is 84.3 Å². The van der Waals surface area contributed by atoms with Gasteiger partial charge in [0.05, 0.1) is 12.1 Å². The number of carbonyl (C=O) groups excluding carboxylic acids is 1. The van der Waals surface area contributed by atoms with Crippen molar-refractivity contribution in [3.8, 4) is 16.9 Å². The van der Waals surface area contributed by atoms with Crippen LogP contribution in [0, 0.1) is 0 Å². The van der Waals surface area contributed by atoms with Gasteiger partial charge in [-0.3, -0.25) is 4.79 Å². The predicted molar refractivity (Wildman–Crippen MR) is 122 cm³/mol. The Balaban J connectivity index is 1.40. The van der Waals surface area contributed by atoms with Crippen molar-refractivity contribution in [2.24, 2.45) is 0 Å². The fraction of sp³-hybridized carbons (Fsp3) is 0.130. The third-order valence-electron chi connectivity index (χ3n) is 5.29. The third-order valence-corrected chi connectivity index (χ3v) is 5.36. The Morgan fingerprint density at radius 1 is 1.12 bits per heavy atom. The van der Waals surface area contributed by atoms with Gasteiger partial charge in [-0.15, -0.1) is 8.78 Å². The van der Waals surface area contributed by atoms with Crippen LogP contribution in [0.5, 0.6) is 5.75 Å². The molecule has 0 atom stereocenters. The van der Waals surface area contributed by atoms with Crippen LogP contribution in [0.1, 0.15) is 21.6 Å². The van der Waals surface area contributed by atoms with Crippen molar-refractivity contribution >= 4 is 29.0 Å². The quantitative estimate of drug-likeness (QED) is 0.383. The van der Waals surface area contributed by atoms with Crippen LogP contribution >= 0.6 is 11.6 Å². The highest BCUT2D eigenvalue weighted by molar-refractivity contribution is 6.20. The lowest BCUT2D eigenvalue weighted by Gasteiger charge is -2.21. The molecule has 0 aliphatic carbocycles. The topological polar surface area (TPSA) is 96.0 Å². The van der Waals surface area contributed by atoms with Crippen molar-refractivity contribution in [2.75, 3.05) is 10.2 Å². The highest BCUT2D eigenvalue weighted by Crippen LogP contribution is 2.34. The number of hydrogen-bond acceptors (Lipinski definition) is 6. The van der Waals surface area contributed by atoms with E-state index >= 15 is 0 Å². The minimum atomic E-state index is -3.81. The summed E-state index contributed by atoms with van der Waals surface area (Å²) >= 11 is 4.77. The van der Waals surface area contributed by atoms with Gasteiger partial charge in [0, 0.05) is 65.4 Å². The molecule has 1 amide bonds. The molecule has 0 fully saturated rings. The molecule has 0 saturated heterocycles. The zero-order valence-corrected chi connectivity index (χ0v) is 18.3. The number of alkyl halides is 3. The lowest BCUT2D eigenvalue weighted by atomic mass is 10.1. The molecule has 5 rings (SSSR count). The molecule has 34 heavy (non-hydrogen) atoms. The maximum Gasteiger partial charge on any atom is 0.487 e. The van der Waals surface area contributed by atoms with Gasteiger partial charge < -0.3 is 19.9 Å². The second-order valence-corrected chi connectivity index (χ2v) is 8.03. The third kappa shape index (κ3) is 4.67. The zero-order valence-electron chi connectivity index (χ0n) is 17.5. The molecule has 8 nitrogen and oxygen atoms in total. The Morgan fingerprint density at radius 2 is 1.88 bits per heavy atom. The van der Waals surface area contributed by atoms with Gasteiger partial charge >= 0.3 is 5.57 Å². The van der Waals surface area contributed by atoms with Crippen LogP contribution in [0.4, 0.5) is 20.3 Å². The first-order valence-electron chi connectivity index (χ1n) is 10.2. The zero-order chi connectivity index (χ0) is 23.7. The van der Waals surface area contributed by atoms with Crippen LogP contribution in [0.15, 0.2) is 67.5 Å². The van der Waals surface area contributed by atoms with E-state index in [1.165, 1.54) is 42.4 Å². The Morgan fingerprint density at radius 3 is 2.59 bits per heavy atom. The van der Waals surface area contributed by atoms with E-state index in [9.17, 15) is 13.6 Å². The molecule has 11 heteroatoms. The van der Waals surface area contributed by atoms with E-state index in [2.05, 4.69) is 34.9 Å². The molecule has 0 radical (unpaired) electrons. The molecule has 172 valence electrons. The van der Waals surface area contributed by atoms with Crippen molar-refractivity contribution < 1.29 is 18.3 Å². The summed E-state index contributed by atoms with van der Waals surface area (Å²) < 4.78 is 29.8. The van der Waals surface area contributed by atoms with E-state index in [1.807, 2.05) is 12.3 Å². The van der Waals surface area contributed by atoms with Crippen LogP contribution < -0.4 is 15.0 Å². The largest absolute Gasteiger partial charge is 0.487 e. The van der Waals surface area contributed by atoms with Crippen molar-refractivity contribution in [3.63, 3.8) is 0 Å². The molecule has 0 spiro atoms. The Hall–Kier alpha value is -4.05. The predicted octanol–water partition coefficient (Wildman–Crippen LogP) is 4.81. The molecular weight excluding hydrogens is 466 g/mol. The van der Waals surface area contributed by atoms with Crippen molar-refractivity contribution in [2.45, 2.75) is 18.7 Å². The van der Waals surface area contributed by atoms with Gasteiger partial charge in [0.25, 0.3) is 5.91 Å². The number of halogens is 3. The van der Waals surface area contributed by atoms with Gasteiger partial charge in [0.1, 0.15) is 17.9 Å². The van der Waals surface area contributed by atoms with E-state index in [0.29, 0.717) is 35.7 Å². The van der Waals surface area contributed by atoms with Gasteiger partial charge in [0.2, 0.25) is 0 Å². The smallest absolute Gasteiger partial charge is 0.420 e. The van der Waals surface area contributed by atoms with E-state index in [-0.39, 0.29) is 5.75 Å². The molecule has 2 N–H and O–H groups in total. The molecule has 3 aromatic heterocycles. The minimum absolute atomic E-state index is 0.133. The molecule has 4 heterocycles. The van der Waals surface area contributed by atoms with Crippen molar-refractivity contribution in [1.82, 2.24) is 19.9 Å². The molecule has 1 aliphatic heterocycles. The molecule has 0 unspecified atom stereocenters. The van der Waals surface area contributed by atoms with Gasteiger partial charge in [-0.1, -0.05) is 0 Å². The number of anilines is 2. The fourth-order valence-corrected chi connectivity index (χ4v) is 3.85. The number of nitrogens with zero attached hydrogens (tertiary/aromatic N) is 4. The van der Waals surface area contributed by atoms with Gasteiger partial charge in [-0.25, -0.2) is 15.0 Å². The standard InChI is InChI=1S/C23H17ClF2N6O2/c24-23(25,26)34-18-3-1-17(2-4-18)31-22(33)15-7-19(16-8-27-13-28-9-16)21(30-10-15)32-11-14-5-6-29-20(14)12-32/h1-10,13,29H,11-12H2,(H,31,33). The number of aromatic amines is 1. The molecule has 0 bridgehead atoms. The fourth-order valence-electron chi connectivity index (χ4n) is 3.76. The molecule has 0 saturated carbocycles. The summed E-state index contributed by atoms with van der Waals surface area (Å²) in [6.07, 6.45) is 8.16. The average molecular weight is 483 g/mol. The lowest BCUT2D eigenvalue weighted by molar-refractivity contribution is -0.0964. The van der Waals surface area contributed by atoms with Crippen LogP contribution in [0.3, 0.4) is 0 Å². The number of amides is 1. The SMILES string of the molecule is O=C(Nc1ccc(OC(F)(F)Cl)cc1)c1cnc(N2Cc3cc[nH]c3C2)c(-c2cncnc2)c1. The number of aromatic nitrogens is 4. The van der Waals surface area contributed by atoms with Gasteiger partial charge in [-0.05, 0) is 42.0 Å². The minimum Gasteiger partial charge on any atom is -0.420 e. The van der Waals surface area contributed by atoms with Crippen LogP contribution in [0.2, 0.25) is 0 Å². The van der Waals surface area contributed by atoms with E-state index in [4.69, 9.17) is 11.6 Å². The summed E-state index contributed by atoms with van der Waals surface area (Å²) in [4.78, 5) is 31.0. The van der Waals surface area contributed by atoms with Crippen LogP contribution in [-0.2, 0) is 13.1 Å². The number of H-pyrrole nitrogens is 1. The molecule has 1 aliphatic rings. The number of benzene rings is 1. The number of nitrogens with one attached hydrogen (secondary N) is 2. The summed E-state index contributed by atoms with van der Waals surface area (Å²) in [6, 6.07) is 9.19. The highest BCUT2D eigenvalue weighted by Gasteiger charge is 2.27. The first-order valence-corrected chi connectivity index (χ1v) is 10.6. The maximum atomic E-state index is 12.9. The number of ether oxygens (including phenoxy) is 1. The number of rotatable bonds is 6. The Bertz CT molecular complexity index is 1310. The van der Waals surface area contributed by atoms with Crippen LogP contribution in [-0.4, -0.2) is 31.4 Å². The normalized spacial score (nSPS) is 13.0. The molecule has 4 aromatic rings. The highest BCUT2D eigenvalue weighted by atomic mass is 35.5. The lowest BCUT2D eigenvalue weighted by Crippen LogP contribution is -2.19. The summed E-state index contributed by atoms with van der Waals surface area (Å²) in [5.41, 5.74) is 0.643. The summed E-state index contributed by atoms with van der Waals surface area (Å²) in [5, 5.41) is 2.72. The Kier molecular flexibility index (Phi) is 5.58. The summed E-state index contributed by atoms with van der Waals surface area (Å²) in [7, 11) is 0. The van der Waals surface area contributed by atoms with E-state index in [0.717, 1.165) is 11.3 Å². The Labute approximate surface area is 197 Å². The van der Waals surface area contributed by atoms with Crippen molar-refractivity contribution in [1.29, 1.82) is 0 Å². The number of fused-ring (bicyclic) bond motifs is 1. The van der Waals surface area contributed by atoms with E-state index in [1.54, 1.807) is 18.5 Å². The number of hydrogen-bond donors (Lipinski definition) is 2. The van der Waals surface area contributed by atoms with Gasteiger partial charge in [-0.2, -0.15) is 0 Å². The first kappa shape index (κ1) is 21.8. The second-order valence-electron chi connectivity index (χ2n) is 7.59. The number of pyridine rings is 1. The number of carbonyl (C=O) groups is 1.